The number of benzene rings is 1. The monoisotopic (exact) mass is 295 g/mol. The molecule has 12 heavy (non-hydrogen) atoms. The first-order valence-electron chi connectivity index (χ1n) is 2.94. The topological polar surface area (TPSA) is 15.8 Å². The first-order valence-corrected chi connectivity index (χ1v) is 4.16. The fourth-order valence-electron chi connectivity index (χ4n) is 0.894. The summed E-state index contributed by atoms with van der Waals surface area (Å²) in [5.41, 5.74) is 1.14. The average Bonchev–Trinajstić information content (AvgIpc) is 2.27. The van der Waals surface area contributed by atoms with Gasteiger partial charge in [0, 0.05) is 39.0 Å². The first-order chi connectivity index (χ1) is 4.86. The summed E-state index contributed by atoms with van der Waals surface area (Å²) >= 11 is 6.59. The zero-order valence-electron chi connectivity index (χ0n) is 6.54. The molecule has 1 nitrogen and oxygen atoms in total. The van der Waals surface area contributed by atoms with Gasteiger partial charge in [0.2, 0.25) is 0 Å². The number of para-hydroxylation sites is 1. The van der Waals surface area contributed by atoms with Gasteiger partial charge in [-0.2, -0.15) is 0 Å². The SMILES string of the molecule is S=c1[nH]c2ccccc2s1.[Zn].[Zn]. The van der Waals surface area contributed by atoms with Gasteiger partial charge in [0.05, 0.1) is 10.2 Å². The molecule has 0 aliphatic heterocycles. The van der Waals surface area contributed by atoms with Crippen LogP contribution in [-0.4, -0.2) is 4.98 Å². The Hall–Kier alpha value is 0.577. The van der Waals surface area contributed by atoms with E-state index in [1.165, 1.54) is 4.70 Å². The van der Waals surface area contributed by atoms with Crippen molar-refractivity contribution in [3.63, 3.8) is 0 Å². The molecule has 0 radical (unpaired) electrons. The van der Waals surface area contributed by atoms with Crippen LogP contribution >= 0.6 is 23.6 Å². The molecule has 2 rings (SSSR count). The van der Waals surface area contributed by atoms with Crippen molar-refractivity contribution in [2.45, 2.75) is 0 Å². The van der Waals surface area contributed by atoms with Crippen molar-refractivity contribution in [2.75, 3.05) is 0 Å². The third-order valence-electron chi connectivity index (χ3n) is 1.33. The van der Waals surface area contributed by atoms with Gasteiger partial charge < -0.3 is 4.98 Å². The smallest absolute Gasteiger partial charge is 0.159 e. The maximum Gasteiger partial charge on any atom is 0.159 e. The molecule has 0 amide bonds. The molecular weight excluding hydrogens is 293 g/mol. The van der Waals surface area contributed by atoms with Gasteiger partial charge in [-0.25, -0.2) is 0 Å². The number of aromatic nitrogens is 1. The second kappa shape index (κ2) is 5.34. The van der Waals surface area contributed by atoms with Crippen molar-refractivity contribution in [2.24, 2.45) is 0 Å². The van der Waals surface area contributed by atoms with Gasteiger partial charge in [0.1, 0.15) is 0 Å². The maximum atomic E-state index is 4.98. The van der Waals surface area contributed by atoms with E-state index in [4.69, 9.17) is 12.2 Å². The molecule has 1 aromatic heterocycles. The van der Waals surface area contributed by atoms with Crippen LogP contribution in [0.4, 0.5) is 0 Å². The molecule has 0 spiro atoms. The van der Waals surface area contributed by atoms with Crippen molar-refractivity contribution in [3.8, 4) is 0 Å². The van der Waals surface area contributed by atoms with Crippen LogP contribution in [0, 0.1) is 3.95 Å². The van der Waals surface area contributed by atoms with E-state index >= 15 is 0 Å². The predicted molar refractivity (Wildman–Crippen MR) is 47.0 cm³/mol. The summed E-state index contributed by atoms with van der Waals surface area (Å²) in [5.74, 6) is 0. The summed E-state index contributed by atoms with van der Waals surface area (Å²) in [6, 6.07) is 8.11. The zero-order valence-corrected chi connectivity index (χ0v) is 14.1. The summed E-state index contributed by atoms with van der Waals surface area (Å²) in [6.45, 7) is 0. The van der Waals surface area contributed by atoms with Crippen LogP contribution < -0.4 is 0 Å². The molecule has 5 heteroatoms. The van der Waals surface area contributed by atoms with Crippen molar-refractivity contribution >= 4 is 33.8 Å². The number of aromatic amines is 1. The van der Waals surface area contributed by atoms with Crippen LogP contribution in [0.3, 0.4) is 0 Å². The summed E-state index contributed by atoms with van der Waals surface area (Å²) in [6.07, 6.45) is 0. The maximum absolute atomic E-state index is 4.98. The minimum absolute atomic E-state index is 0. The minimum Gasteiger partial charge on any atom is -0.337 e. The van der Waals surface area contributed by atoms with Crippen molar-refractivity contribution < 1.29 is 39.0 Å². The van der Waals surface area contributed by atoms with Crippen molar-refractivity contribution in [1.29, 1.82) is 0 Å². The molecule has 0 fully saturated rings. The number of nitrogens with one attached hydrogen (secondary N) is 1. The molecule has 0 aliphatic carbocycles. The van der Waals surface area contributed by atoms with Gasteiger partial charge in [-0.1, -0.05) is 12.1 Å². The standard InChI is InChI=1S/C7H5NS2.2Zn/c9-7-8-5-3-1-2-4-6(5)10-7;;/h1-4H,(H,8,9);;. The van der Waals surface area contributed by atoms with Gasteiger partial charge in [-0.3, -0.25) is 0 Å². The van der Waals surface area contributed by atoms with Gasteiger partial charge in [-0.05, 0) is 24.4 Å². The Kier molecular flexibility index (Phi) is 5.59. The van der Waals surface area contributed by atoms with E-state index in [1.54, 1.807) is 11.3 Å². The van der Waals surface area contributed by atoms with E-state index in [1.807, 2.05) is 18.2 Å². The summed E-state index contributed by atoms with van der Waals surface area (Å²) < 4.78 is 2.08. The molecule has 0 saturated heterocycles. The van der Waals surface area contributed by atoms with Crippen LogP contribution in [0.25, 0.3) is 10.2 Å². The van der Waals surface area contributed by atoms with Crippen molar-refractivity contribution in [3.05, 3.63) is 28.2 Å². The Morgan fingerprint density at radius 2 is 1.83 bits per heavy atom. The number of hydrogen-bond acceptors (Lipinski definition) is 2. The average molecular weight is 298 g/mol. The molecule has 2 aromatic rings. The number of rotatable bonds is 0. The summed E-state index contributed by atoms with van der Waals surface area (Å²) in [5, 5.41) is 0. The van der Waals surface area contributed by atoms with Crippen LogP contribution in [-0.2, 0) is 39.0 Å². The molecule has 1 aromatic carbocycles. The molecule has 0 bridgehead atoms. The van der Waals surface area contributed by atoms with Gasteiger partial charge in [-0.15, -0.1) is 11.3 Å². The number of fused-ring (bicyclic) bond motifs is 1. The van der Waals surface area contributed by atoms with E-state index in [9.17, 15) is 0 Å². The van der Waals surface area contributed by atoms with E-state index in [0.717, 1.165) is 9.47 Å². The summed E-state index contributed by atoms with van der Waals surface area (Å²) in [7, 11) is 0. The second-order valence-corrected chi connectivity index (χ2v) is 3.73. The molecular formula is C7H5NS2Zn2. The van der Waals surface area contributed by atoms with Gasteiger partial charge >= 0.3 is 0 Å². The second-order valence-electron chi connectivity index (χ2n) is 2.01. The van der Waals surface area contributed by atoms with Crippen molar-refractivity contribution in [1.82, 2.24) is 4.98 Å². The van der Waals surface area contributed by atoms with Gasteiger partial charge in [0.15, 0.2) is 3.95 Å². The third kappa shape index (κ3) is 2.53. The zero-order chi connectivity index (χ0) is 6.97. The predicted octanol–water partition coefficient (Wildman–Crippen LogP) is 2.95. The molecule has 0 aliphatic rings. The number of hydrogen-bond donors (Lipinski definition) is 1. The van der Waals surface area contributed by atoms with Crippen LogP contribution in [0.1, 0.15) is 0 Å². The Balaban J connectivity index is 0.000000605. The minimum atomic E-state index is 0. The Labute approximate surface area is 105 Å². The van der Waals surface area contributed by atoms with E-state index in [-0.39, 0.29) is 39.0 Å². The van der Waals surface area contributed by atoms with E-state index in [2.05, 4.69) is 11.1 Å². The van der Waals surface area contributed by atoms with E-state index in [0.29, 0.717) is 0 Å². The van der Waals surface area contributed by atoms with Crippen LogP contribution in [0.2, 0.25) is 0 Å². The largest absolute Gasteiger partial charge is 0.337 e. The van der Waals surface area contributed by atoms with Crippen LogP contribution in [0.5, 0.6) is 0 Å². The normalized spacial score (nSPS) is 8.67. The van der Waals surface area contributed by atoms with Crippen LogP contribution in [0.15, 0.2) is 24.3 Å². The first kappa shape index (κ1) is 12.6. The molecule has 1 heterocycles. The fourth-order valence-corrected chi connectivity index (χ4v) is 2.01. The molecule has 0 unspecified atom stereocenters. The number of H-pyrrole nitrogens is 1. The quantitative estimate of drug-likeness (QED) is 0.584. The summed E-state index contributed by atoms with van der Waals surface area (Å²) in [4.78, 5) is 3.09. The molecule has 54 valence electrons. The molecule has 0 atom stereocenters. The third-order valence-corrected chi connectivity index (χ3v) is 2.54. The van der Waals surface area contributed by atoms with E-state index < -0.39 is 0 Å². The molecule has 0 saturated carbocycles. The Bertz CT molecular complexity index is 371. The number of thiazole rings is 1. The van der Waals surface area contributed by atoms with Gasteiger partial charge in [0.25, 0.3) is 0 Å². The fraction of sp³-hybridized carbons (Fsp3) is 0. The molecule has 1 N–H and O–H groups in total. The Morgan fingerprint density at radius 3 is 2.50 bits per heavy atom. The Morgan fingerprint density at radius 1 is 1.17 bits per heavy atom.